The molecule has 1 aromatic rings. The van der Waals surface area contributed by atoms with Crippen molar-refractivity contribution >= 4 is 0 Å². The smallest absolute Gasteiger partial charge is 0.123 e. The van der Waals surface area contributed by atoms with Gasteiger partial charge in [0.15, 0.2) is 0 Å². The monoisotopic (exact) mass is 261 g/mol. The Balaban J connectivity index is 1.88. The highest BCUT2D eigenvalue weighted by Gasteiger charge is 2.20. The van der Waals surface area contributed by atoms with E-state index in [4.69, 9.17) is 4.74 Å². The van der Waals surface area contributed by atoms with E-state index in [1.54, 1.807) is 0 Å². The molecule has 2 heteroatoms. The average molecular weight is 261 g/mol. The summed E-state index contributed by atoms with van der Waals surface area (Å²) in [6.45, 7) is 10.7. The predicted octanol–water partition coefficient (Wildman–Crippen LogP) is 3.81. The molecule has 1 aromatic carbocycles. The van der Waals surface area contributed by atoms with E-state index in [0.29, 0.717) is 0 Å². The molecule has 1 N–H and O–H groups in total. The number of hydrogen-bond donors (Lipinski definition) is 1. The third-order valence-corrected chi connectivity index (χ3v) is 3.53. The van der Waals surface area contributed by atoms with Gasteiger partial charge in [0.25, 0.3) is 0 Å². The van der Waals surface area contributed by atoms with E-state index in [1.807, 2.05) is 0 Å². The van der Waals surface area contributed by atoms with Gasteiger partial charge in [0.2, 0.25) is 0 Å². The molecule has 0 unspecified atom stereocenters. The van der Waals surface area contributed by atoms with Crippen molar-refractivity contribution in [3.05, 3.63) is 29.3 Å². The number of aryl methyl sites for hydroxylation is 1. The quantitative estimate of drug-likeness (QED) is 0.786. The van der Waals surface area contributed by atoms with Crippen LogP contribution in [0.3, 0.4) is 0 Å². The highest BCUT2D eigenvalue weighted by molar-refractivity contribution is 5.41. The van der Waals surface area contributed by atoms with E-state index in [0.717, 1.165) is 31.4 Å². The summed E-state index contributed by atoms with van der Waals surface area (Å²) in [6.07, 6.45) is 3.79. The zero-order chi connectivity index (χ0) is 13.9. The second-order valence-corrected chi connectivity index (χ2v) is 6.68. The zero-order valence-corrected chi connectivity index (χ0v) is 12.8. The second kappa shape index (κ2) is 5.96. The van der Waals surface area contributed by atoms with Gasteiger partial charge in [0.1, 0.15) is 5.75 Å². The molecule has 0 bridgehead atoms. The molecular weight excluding hydrogens is 234 g/mol. The summed E-state index contributed by atoms with van der Waals surface area (Å²) in [6, 6.07) is 7.33. The van der Waals surface area contributed by atoms with Gasteiger partial charge in [-0.25, -0.2) is 0 Å². The van der Waals surface area contributed by atoms with Crippen molar-refractivity contribution in [2.75, 3.05) is 13.2 Å². The van der Waals surface area contributed by atoms with Crippen molar-refractivity contribution in [1.29, 1.82) is 0 Å². The van der Waals surface area contributed by atoms with Crippen LogP contribution in [-0.2, 0) is 5.41 Å². The Labute approximate surface area is 117 Å². The summed E-state index contributed by atoms with van der Waals surface area (Å²) in [5.74, 6) is 1.05. The van der Waals surface area contributed by atoms with E-state index in [9.17, 15) is 0 Å². The Morgan fingerprint density at radius 1 is 1.26 bits per heavy atom. The first-order valence-corrected chi connectivity index (χ1v) is 7.44. The van der Waals surface area contributed by atoms with Crippen LogP contribution < -0.4 is 10.1 Å². The van der Waals surface area contributed by atoms with Gasteiger partial charge in [0, 0.05) is 6.04 Å². The molecule has 2 rings (SSSR count). The molecule has 1 saturated carbocycles. The molecule has 19 heavy (non-hydrogen) atoms. The van der Waals surface area contributed by atoms with Crippen LogP contribution >= 0.6 is 0 Å². The summed E-state index contributed by atoms with van der Waals surface area (Å²) in [7, 11) is 0. The molecule has 1 fully saturated rings. The summed E-state index contributed by atoms with van der Waals surface area (Å²) in [5, 5.41) is 3.52. The van der Waals surface area contributed by atoms with Gasteiger partial charge in [-0.1, -0.05) is 32.9 Å². The minimum absolute atomic E-state index is 0.134. The van der Waals surface area contributed by atoms with Gasteiger partial charge in [-0.05, 0) is 55.3 Å². The lowest BCUT2D eigenvalue weighted by molar-refractivity contribution is 0.300. The Bertz CT molecular complexity index is 416. The minimum Gasteiger partial charge on any atom is -0.493 e. The van der Waals surface area contributed by atoms with Crippen molar-refractivity contribution in [2.45, 2.75) is 58.4 Å². The summed E-state index contributed by atoms with van der Waals surface area (Å²) >= 11 is 0. The lowest BCUT2D eigenvalue weighted by Gasteiger charge is -2.23. The van der Waals surface area contributed by atoms with E-state index in [-0.39, 0.29) is 5.41 Å². The SMILES string of the molecule is Cc1ccc(C(C)(C)C)c(OCCCNC2CC2)c1. The van der Waals surface area contributed by atoms with Gasteiger partial charge in [-0.3, -0.25) is 0 Å². The van der Waals surface area contributed by atoms with E-state index < -0.39 is 0 Å². The molecule has 0 atom stereocenters. The van der Waals surface area contributed by atoms with E-state index >= 15 is 0 Å². The maximum absolute atomic E-state index is 6.01. The van der Waals surface area contributed by atoms with Gasteiger partial charge in [-0.15, -0.1) is 0 Å². The molecule has 0 heterocycles. The normalized spacial score (nSPS) is 15.6. The molecular formula is C17H27NO. The first kappa shape index (κ1) is 14.4. The van der Waals surface area contributed by atoms with Crippen LogP contribution in [0.2, 0.25) is 0 Å². The van der Waals surface area contributed by atoms with Crippen LogP contribution in [0.4, 0.5) is 0 Å². The van der Waals surface area contributed by atoms with Crippen LogP contribution in [0.15, 0.2) is 18.2 Å². The maximum atomic E-state index is 6.01. The first-order valence-electron chi connectivity index (χ1n) is 7.44. The third kappa shape index (κ3) is 4.54. The molecule has 0 spiro atoms. The van der Waals surface area contributed by atoms with Gasteiger partial charge in [-0.2, -0.15) is 0 Å². The van der Waals surface area contributed by atoms with Crippen LogP contribution in [0.5, 0.6) is 5.75 Å². The fourth-order valence-electron chi connectivity index (χ4n) is 2.22. The largest absolute Gasteiger partial charge is 0.493 e. The highest BCUT2D eigenvalue weighted by Crippen LogP contribution is 2.32. The van der Waals surface area contributed by atoms with Crippen LogP contribution in [0.1, 0.15) is 51.2 Å². The number of rotatable bonds is 6. The number of nitrogens with one attached hydrogen (secondary N) is 1. The molecule has 0 aromatic heterocycles. The lowest BCUT2D eigenvalue weighted by Crippen LogP contribution is -2.20. The Hall–Kier alpha value is -1.02. The fraction of sp³-hybridized carbons (Fsp3) is 0.647. The fourth-order valence-corrected chi connectivity index (χ4v) is 2.22. The predicted molar refractivity (Wildman–Crippen MR) is 81.0 cm³/mol. The highest BCUT2D eigenvalue weighted by atomic mass is 16.5. The van der Waals surface area contributed by atoms with Crippen molar-refractivity contribution in [1.82, 2.24) is 5.32 Å². The molecule has 1 aliphatic rings. The van der Waals surface area contributed by atoms with Crippen LogP contribution in [-0.4, -0.2) is 19.2 Å². The molecule has 2 nitrogen and oxygen atoms in total. The Kier molecular flexibility index (Phi) is 4.51. The van der Waals surface area contributed by atoms with E-state index in [1.165, 1.54) is 24.0 Å². The molecule has 0 aliphatic heterocycles. The Morgan fingerprint density at radius 3 is 2.63 bits per heavy atom. The summed E-state index contributed by atoms with van der Waals surface area (Å²) in [4.78, 5) is 0. The lowest BCUT2D eigenvalue weighted by atomic mass is 9.86. The number of ether oxygens (including phenoxy) is 1. The van der Waals surface area contributed by atoms with Crippen LogP contribution in [0.25, 0.3) is 0 Å². The molecule has 106 valence electrons. The first-order chi connectivity index (χ1) is 8.97. The standard InChI is InChI=1S/C17H27NO/c1-13-6-9-15(17(2,3)4)16(12-13)19-11-5-10-18-14-7-8-14/h6,9,12,14,18H,5,7-8,10-11H2,1-4H3. The van der Waals surface area contributed by atoms with Gasteiger partial charge < -0.3 is 10.1 Å². The van der Waals surface area contributed by atoms with Gasteiger partial charge in [0.05, 0.1) is 6.61 Å². The summed E-state index contributed by atoms with van der Waals surface area (Å²) in [5.41, 5.74) is 2.70. The Morgan fingerprint density at radius 2 is 2.00 bits per heavy atom. The molecule has 0 radical (unpaired) electrons. The third-order valence-electron chi connectivity index (χ3n) is 3.53. The second-order valence-electron chi connectivity index (χ2n) is 6.68. The van der Waals surface area contributed by atoms with E-state index in [2.05, 4.69) is 51.2 Å². The van der Waals surface area contributed by atoms with Crippen molar-refractivity contribution in [3.8, 4) is 5.75 Å². The van der Waals surface area contributed by atoms with Crippen molar-refractivity contribution in [3.63, 3.8) is 0 Å². The van der Waals surface area contributed by atoms with Crippen molar-refractivity contribution < 1.29 is 4.74 Å². The maximum Gasteiger partial charge on any atom is 0.123 e. The zero-order valence-electron chi connectivity index (χ0n) is 12.8. The summed E-state index contributed by atoms with van der Waals surface area (Å²) < 4.78 is 6.01. The number of hydrogen-bond acceptors (Lipinski definition) is 2. The van der Waals surface area contributed by atoms with Crippen molar-refractivity contribution in [2.24, 2.45) is 0 Å². The molecule has 0 amide bonds. The molecule has 1 aliphatic carbocycles. The average Bonchev–Trinajstić information content (AvgIpc) is 3.11. The van der Waals surface area contributed by atoms with Crippen LogP contribution in [0, 0.1) is 6.92 Å². The minimum atomic E-state index is 0.134. The topological polar surface area (TPSA) is 21.3 Å². The molecule has 0 saturated heterocycles. The number of benzene rings is 1. The van der Waals surface area contributed by atoms with Gasteiger partial charge >= 0.3 is 0 Å².